The zero-order valence-corrected chi connectivity index (χ0v) is 15.2. The number of nitrogens with zero attached hydrogens (tertiary/aromatic N) is 3. The Balaban J connectivity index is 0.00000261. The summed E-state index contributed by atoms with van der Waals surface area (Å²) in [4.78, 5) is 4.37. The molecule has 0 unspecified atom stereocenters. The molecule has 0 N–H and O–H groups in total. The molecule has 27 heavy (non-hydrogen) atoms. The number of unbranched alkanes of at least 4 members (excludes halogenated alkanes) is 1. The molecule has 3 rings (SSSR count). The average Bonchev–Trinajstić information content (AvgIpc) is 3.03. The number of benzene rings is 1. The third kappa shape index (κ3) is 4.74. The first-order valence-electron chi connectivity index (χ1n) is 8.17. The topological polar surface area (TPSA) is 39.4 Å². The number of alkyl halides is 3. The predicted molar refractivity (Wildman–Crippen MR) is 102 cm³/mol. The molecule has 0 atom stereocenters. The molecule has 4 nitrogen and oxygen atoms in total. The minimum Gasteiger partial charge on any atom is -0.497 e. The smallest absolute Gasteiger partial charge is 0.433 e. The molecule has 2 heterocycles. The monoisotopic (exact) mass is 397 g/mol. The largest absolute Gasteiger partial charge is 0.497 e. The Labute approximate surface area is 160 Å². The van der Waals surface area contributed by atoms with Gasteiger partial charge in [0.1, 0.15) is 10.8 Å². The van der Waals surface area contributed by atoms with E-state index in [2.05, 4.69) is 17.0 Å². The summed E-state index contributed by atoms with van der Waals surface area (Å²) in [7, 11) is 1.53. The van der Waals surface area contributed by atoms with Crippen LogP contribution in [0.5, 0.6) is 5.75 Å². The number of aromatic nitrogens is 3. The van der Waals surface area contributed by atoms with Gasteiger partial charge in [0.2, 0.25) is 0 Å². The lowest BCUT2D eigenvalue weighted by Gasteiger charge is -2.11. The molecule has 1 aromatic carbocycles. The van der Waals surface area contributed by atoms with E-state index in [0.717, 1.165) is 29.2 Å². The highest BCUT2D eigenvalue weighted by Crippen LogP contribution is 2.33. The number of methoxy groups -OCH3 is 1. The normalized spacial score (nSPS) is 11.4. The number of ether oxygens (including phenoxy) is 1. The van der Waals surface area contributed by atoms with Gasteiger partial charge in [-0.2, -0.15) is 18.3 Å². The second-order valence-corrected chi connectivity index (χ2v) is 6.82. The number of halogens is 3. The molecule has 0 amide bonds. The SMILES string of the molecule is C.CCCCSc1cc2nc(-c3ccc(OC)cc3)cc(C(F)(F)F)n2n1. The van der Waals surface area contributed by atoms with Crippen molar-refractivity contribution in [2.24, 2.45) is 0 Å². The van der Waals surface area contributed by atoms with Crippen LogP contribution in [0.2, 0.25) is 0 Å². The summed E-state index contributed by atoms with van der Waals surface area (Å²) < 4.78 is 46.6. The maximum absolute atomic E-state index is 13.5. The van der Waals surface area contributed by atoms with Crippen molar-refractivity contribution in [3.05, 3.63) is 42.1 Å². The first-order chi connectivity index (χ1) is 12.4. The second-order valence-electron chi connectivity index (χ2n) is 5.71. The molecule has 0 spiro atoms. The van der Waals surface area contributed by atoms with Crippen LogP contribution in [-0.2, 0) is 6.18 Å². The van der Waals surface area contributed by atoms with Crippen LogP contribution in [0, 0.1) is 0 Å². The Morgan fingerprint density at radius 3 is 2.44 bits per heavy atom. The summed E-state index contributed by atoms with van der Waals surface area (Å²) in [6.45, 7) is 2.06. The molecule has 0 aliphatic rings. The number of rotatable bonds is 6. The summed E-state index contributed by atoms with van der Waals surface area (Å²) in [5.74, 6) is 1.44. The lowest BCUT2D eigenvalue weighted by atomic mass is 10.1. The summed E-state index contributed by atoms with van der Waals surface area (Å²) in [6.07, 6.45) is -2.52. The van der Waals surface area contributed by atoms with Gasteiger partial charge in [0, 0.05) is 11.6 Å². The molecule has 0 saturated heterocycles. The molecule has 0 aliphatic heterocycles. The molecule has 0 radical (unpaired) electrons. The lowest BCUT2D eigenvalue weighted by Crippen LogP contribution is -2.13. The standard InChI is InChI=1S/C18H18F3N3OS.CH4/c1-3-4-9-26-17-11-16-22-14(12-5-7-13(25-2)8-6-12)10-15(18(19,20)21)24(16)23-17;/h5-8,10-11H,3-4,9H2,1-2H3;1H4. The van der Waals surface area contributed by atoms with E-state index in [9.17, 15) is 13.2 Å². The summed E-state index contributed by atoms with van der Waals surface area (Å²) in [5, 5.41) is 4.63. The van der Waals surface area contributed by atoms with Crippen molar-refractivity contribution < 1.29 is 17.9 Å². The van der Waals surface area contributed by atoms with Crippen molar-refractivity contribution in [3.8, 4) is 17.0 Å². The van der Waals surface area contributed by atoms with Crippen molar-refractivity contribution in [2.45, 2.75) is 38.4 Å². The highest BCUT2D eigenvalue weighted by molar-refractivity contribution is 7.99. The van der Waals surface area contributed by atoms with Crippen molar-refractivity contribution >= 4 is 17.4 Å². The Morgan fingerprint density at radius 1 is 1.15 bits per heavy atom. The van der Waals surface area contributed by atoms with E-state index in [0.29, 0.717) is 16.3 Å². The van der Waals surface area contributed by atoms with Gasteiger partial charge in [-0.05, 0) is 42.5 Å². The fourth-order valence-electron chi connectivity index (χ4n) is 2.46. The van der Waals surface area contributed by atoms with Gasteiger partial charge in [0.15, 0.2) is 11.3 Å². The molecule has 3 aromatic rings. The fraction of sp³-hybridized carbons (Fsp3) is 0.368. The lowest BCUT2D eigenvalue weighted by molar-refractivity contribution is -0.142. The first-order valence-corrected chi connectivity index (χ1v) is 9.16. The van der Waals surface area contributed by atoms with Gasteiger partial charge in [-0.3, -0.25) is 0 Å². The molecule has 0 aliphatic carbocycles. The van der Waals surface area contributed by atoms with Gasteiger partial charge in [-0.15, -0.1) is 11.8 Å². The van der Waals surface area contributed by atoms with Gasteiger partial charge in [0.25, 0.3) is 0 Å². The number of fused-ring (bicyclic) bond motifs is 1. The molecule has 0 fully saturated rings. The second kappa shape index (κ2) is 8.65. The van der Waals surface area contributed by atoms with Crippen molar-refractivity contribution in [1.82, 2.24) is 14.6 Å². The summed E-state index contributed by atoms with van der Waals surface area (Å²) in [5.41, 5.74) is 0.179. The van der Waals surface area contributed by atoms with Crippen LogP contribution in [0.3, 0.4) is 0 Å². The van der Waals surface area contributed by atoms with E-state index in [-0.39, 0.29) is 18.8 Å². The van der Waals surface area contributed by atoms with E-state index in [1.54, 1.807) is 30.3 Å². The zero-order valence-electron chi connectivity index (χ0n) is 14.4. The molecule has 0 saturated carbocycles. The van der Waals surface area contributed by atoms with E-state index in [1.165, 1.54) is 18.9 Å². The Bertz CT molecular complexity index is 892. The van der Waals surface area contributed by atoms with Crippen LogP contribution < -0.4 is 4.74 Å². The van der Waals surface area contributed by atoms with Crippen LogP contribution in [0.1, 0.15) is 32.9 Å². The molecule has 0 bridgehead atoms. The number of hydrogen-bond acceptors (Lipinski definition) is 4. The van der Waals surface area contributed by atoms with E-state index >= 15 is 0 Å². The number of hydrogen-bond donors (Lipinski definition) is 0. The van der Waals surface area contributed by atoms with Crippen LogP contribution >= 0.6 is 11.8 Å². The Morgan fingerprint density at radius 2 is 1.85 bits per heavy atom. The van der Waals surface area contributed by atoms with Crippen molar-refractivity contribution in [3.63, 3.8) is 0 Å². The first kappa shape index (κ1) is 21.1. The van der Waals surface area contributed by atoms with Gasteiger partial charge in [-0.25, -0.2) is 9.50 Å². The molecule has 8 heteroatoms. The predicted octanol–water partition coefficient (Wildman–Crippen LogP) is 5.95. The highest BCUT2D eigenvalue weighted by atomic mass is 32.2. The van der Waals surface area contributed by atoms with Crippen molar-refractivity contribution in [2.75, 3.05) is 12.9 Å². The van der Waals surface area contributed by atoms with E-state index in [1.807, 2.05) is 0 Å². The molecular formula is C19H22F3N3OS. The average molecular weight is 397 g/mol. The van der Waals surface area contributed by atoms with Gasteiger partial charge in [0.05, 0.1) is 12.8 Å². The Hall–Kier alpha value is -2.22. The van der Waals surface area contributed by atoms with Gasteiger partial charge in [-0.1, -0.05) is 20.8 Å². The van der Waals surface area contributed by atoms with Crippen LogP contribution in [-0.4, -0.2) is 27.5 Å². The fourth-order valence-corrected chi connectivity index (χ4v) is 3.43. The summed E-state index contributed by atoms with van der Waals surface area (Å²) >= 11 is 1.44. The third-order valence-electron chi connectivity index (χ3n) is 3.83. The van der Waals surface area contributed by atoms with Crippen LogP contribution in [0.4, 0.5) is 13.2 Å². The zero-order chi connectivity index (χ0) is 18.7. The maximum atomic E-state index is 13.5. The molecular weight excluding hydrogens is 375 g/mol. The highest BCUT2D eigenvalue weighted by Gasteiger charge is 2.35. The van der Waals surface area contributed by atoms with Crippen LogP contribution in [0.15, 0.2) is 41.4 Å². The van der Waals surface area contributed by atoms with E-state index in [4.69, 9.17) is 4.74 Å². The summed E-state index contributed by atoms with van der Waals surface area (Å²) in [6, 6.07) is 9.38. The molecule has 146 valence electrons. The molecule has 2 aromatic heterocycles. The van der Waals surface area contributed by atoms with E-state index < -0.39 is 11.9 Å². The van der Waals surface area contributed by atoms with Crippen LogP contribution in [0.25, 0.3) is 16.9 Å². The van der Waals surface area contributed by atoms with Gasteiger partial charge < -0.3 is 4.74 Å². The minimum atomic E-state index is -4.53. The van der Waals surface area contributed by atoms with Crippen molar-refractivity contribution in [1.29, 1.82) is 0 Å². The number of thioether (sulfide) groups is 1. The Kier molecular flexibility index (Phi) is 6.75. The maximum Gasteiger partial charge on any atom is 0.433 e. The van der Waals surface area contributed by atoms with Gasteiger partial charge >= 0.3 is 6.18 Å². The third-order valence-corrected chi connectivity index (χ3v) is 4.82. The quantitative estimate of drug-likeness (QED) is 0.380. The minimum absolute atomic E-state index is 0.